The Balaban J connectivity index is 1.50. The minimum atomic E-state index is -0.624. The Kier molecular flexibility index (Phi) is 6.43. The van der Waals surface area contributed by atoms with Crippen molar-refractivity contribution in [2.75, 3.05) is 11.1 Å². The zero-order chi connectivity index (χ0) is 23.5. The molecule has 33 heavy (non-hydrogen) atoms. The number of aromatic hydroxyl groups is 1. The summed E-state index contributed by atoms with van der Waals surface area (Å²) in [5, 5.41) is 25.8. The first-order valence-corrected chi connectivity index (χ1v) is 11.7. The Hall–Kier alpha value is -3.70. The number of phenolic OH excluding ortho intramolecular Hbond substituents is 1. The molecule has 1 amide bonds. The fourth-order valence-electron chi connectivity index (χ4n) is 3.19. The first kappa shape index (κ1) is 22.5. The van der Waals surface area contributed by atoms with Gasteiger partial charge < -0.3 is 15.4 Å². The van der Waals surface area contributed by atoms with Gasteiger partial charge in [-0.1, -0.05) is 43.0 Å². The summed E-state index contributed by atoms with van der Waals surface area (Å²) >= 11 is 2.36. The Morgan fingerprint density at radius 1 is 1.27 bits per heavy atom. The Labute approximate surface area is 195 Å². The molecule has 0 atom stereocenters. The van der Waals surface area contributed by atoms with Gasteiger partial charge in [-0.2, -0.15) is 0 Å². The second-order valence-electron chi connectivity index (χ2n) is 7.05. The largest absolute Gasteiger partial charge is 0.506 e. The second kappa shape index (κ2) is 9.43. The van der Waals surface area contributed by atoms with E-state index in [1.165, 1.54) is 16.9 Å². The number of aryl methyl sites for hydroxylation is 1. The lowest BCUT2D eigenvalue weighted by molar-refractivity contribution is -0.384. The van der Waals surface area contributed by atoms with Gasteiger partial charge >= 0.3 is 0 Å². The lowest BCUT2D eigenvalue weighted by Gasteiger charge is -2.07. The fourth-order valence-corrected chi connectivity index (χ4v) is 4.85. The first-order chi connectivity index (χ1) is 15.9. The Morgan fingerprint density at radius 3 is 2.73 bits per heavy atom. The summed E-state index contributed by atoms with van der Waals surface area (Å²) in [5.74, 6) is -0.917. The molecule has 2 aromatic carbocycles. The van der Waals surface area contributed by atoms with Crippen LogP contribution < -0.4 is 10.9 Å². The number of thiophene rings is 1. The van der Waals surface area contributed by atoms with Crippen LogP contribution in [0.3, 0.4) is 0 Å². The van der Waals surface area contributed by atoms with Gasteiger partial charge in [-0.3, -0.25) is 19.7 Å². The van der Waals surface area contributed by atoms with E-state index in [1.807, 2.05) is 29.6 Å². The highest BCUT2D eigenvalue weighted by Crippen LogP contribution is 2.32. The molecular formula is C22H18N4O5S2. The van der Waals surface area contributed by atoms with Crippen LogP contribution >= 0.6 is 23.1 Å². The molecule has 0 saturated heterocycles. The zero-order valence-corrected chi connectivity index (χ0v) is 19.0. The summed E-state index contributed by atoms with van der Waals surface area (Å²) in [4.78, 5) is 43.0. The minimum Gasteiger partial charge on any atom is -0.506 e. The highest BCUT2D eigenvalue weighted by Gasteiger charge is 2.16. The lowest BCUT2D eigenvalue weighted by Crippen LogP contribution is -2.15. The van der Waals surface area contributed by atoms with Gasteiger partial charge in [0.1, 0.15) is 10.6 Å². The number of fused-ring (bicyclic) bond motifs is 1. The minimum absolute atomic E-state index is 0.0660. The van der Waals surface area contributed by atoms with Crippen molar-refractivity contribution >= 4 is 50.6 Å². The van der Waals surface area contributed by atoms with E-state index in [2.05, 4.69) is 22.2 Å². The van der Waals surface area contributed by atoms with E-state index in [-0.39, 0.29) is 33.6 Å². The van der Waals surface area contributed by atoms with Crippen LogP contribution in [-0.2, 0) is 11.2 Å². The number of thioether (sulfide) groups is 1. The molecule has 0 bridgehead atoms. The number of nitro benzene ring substituents is 1. The number of hydrogen-bond acceptors (Lipinski definition) is 8. The molecule has 0 unspecified atom stereocenters. The van der Waals surface area contributed by atoms with Crippen LogP contribution in [0.5, 0.6) is 5.75 Å². The molecule has 4 aromatic rings. The predicted molar refractivity (Wildman–Crippen MR) is 129 cm³/mol. The summed E-state index contributed by atoms with van der Waals surface area (Å²) in [7, 11) is 0. The molecule has 0 spiro atoms. The Morgan fingerprint density at radius 2 is 2.03 bits per heavy atom. The number of H-pyrrole nitrogens is 1. The molecular weight excluding hydrogens is 464 g/mol. The van der Waals surface area contributed by atoms with Crippen molar-refractivity contribution in [3.8, 4) is 16.9 Å². The van der Waals surface area contributed by atoms with Crippen LogP contribution in [-0.4, -0.2) is 31.7 Å². The smallest absolute Gasteiger partial charge is 0.271 e. The number of amides is 1. The average Bonchev–Trinajstić information content (AvgIpc) is 3.23. The van der Waals surface area contributed by atoms with Gasteiger partial charge in [0.15, 0.2) is 5.16 Å². The maximum absolute atomic E-state index is 12.8. The van der Waals surface area contributed by atoms with Crippen molar-refractivity contribution in [3.63, 3.8) is 0 Å². The highest BCUT2D eigenvalue weighted by molar-refractivity contribution is 7.99. The molecule has 2 heterocycles. The van der Waals surface area contributed by atoms with Crippen LogP contribution in [0.2, 0.25) is 0 Å². The van der Waals surface area contributed by atoms with E-state index < -0.39 is 10.8 Å². The quantitative estimate of drug-likeness (QED) is 0.115. The van der Waals surface area contributed by atoms with Crippen molar-refractivity contribution < 1.29 is 14.8 Å². The number of non-ortho nitro benzene ring substituents is 1. The molecule has 0 aliphatic heterocycles. The van der Waals surface area contributed by atoms with Gasteiger partial charge in [-0.25, -0.2) is 4.98 Å². The van der Waals surface area contributed by atoms with Crippen LogP contribution in [0.15, 0.2) is 57.8 Å². The summed E-state index contributed by atoms with van der Waals surface area (Å²) < 4.78 is 0. The molecule has 4 rings (SSSR count). The number of aromatic nitrogens is 2. The number of anilines is 1. The van der Waals surface area contributed by atoms with E-state index in [1.54, 1.807) is 0 Å². The third kappa shape index (κ3) is 4.89. The molecule has 3 N–H and O–H groups in total. The van der Waals surface area contributed by atoms with Crippen LogP contribution in [0.25, 0.3) is 21.3 Å². The number of nitrogens with zero attached hydrogens (tertiary/aromatic N) is 2. The van der Waals surface area contributed by atoms with Crippen LogP contribution in [0, 0.1) is 10.1 Å². The van der Waals surface area contributed by atoms with Gasteiger partial charge in [0.2, 0.25) is 5.91 Å². The third-order valence-electron chi connectivity index (χ3n) is 4.90. The molecule has 9 nitrogen and oxygen atoms in total. The van der Waals surface area contributed by atoms with E-state index in [4.69, 9.17) is 0 Å². The van der Waals surface area contributed by atoms with E-state index in [0.29, 0.717) is 10.2 Å². The normalized spacial score (nSPS) is 10.9. The summed E-state index contributed by atoms with van der Waals surface area (Å²) in [5.41, 5.74) is 2.33. The molecule has 0 aliphatic carbocycles. The molecule has 0 saturated carbocycles. The van der Waals surface area contributed by atoms with Gasteiger partial charge in [0.05, 0.1) is 21.7 Å². The maximum atomic E-state index is 12.8. The molecule has 0 radical (unpaired) electrons. The topological polar surface area (TPSA) is 138 Å². The number of carbonyl (C=O) groups excluding carboxylic acids is 1. The first-order valence-electron chi connectivity index (χ1n) is 9.86. The van der Waals surface area contributed by atoms with E-state index >= 15 is 0 Å². The highest BCUT2D eigenvalue weighted by atomic mass is 32.2. The summed E-state index contributed by atoms with van der Waals surface area (Å²) in [6.07, 6.45) is 0.932. The number of rotatable bonds is 7. The SMILES string of the molecule is CCc1ccc(-c2csc3nc(SCC(=O)Nc4cc([N+](=O)[O-])ccc4O)[nH]c(=O)c23)cc1. The van der Waals surface area contributed by atoms with Gasteiger partial charge in [-0.05, 0) is 23.6 Å². The molecule has 2 aromatic heterocycles. The van der Waals surface area contributed by atoms with Crippen molar-refractivity contribution in [2.45, 2.75) is 18.5 Å². The monoisotopic (exact) mass is 482 g/mol. The number of nitrogens with one attached hydrogen (secondary N) is 2. The van der Waals surface area contributed by atoms with Crippen LogP contribution in [0.1, 0.15) is 12.5 Å². The zero-order valence-electron chi connectivity index (χ0n) is 17.3. The summed E-state index contributed by atoms with van der Waals surface area (Å²) in [6.45, 7) is 2.08. The molecule has 0 aliphatic rings. The van der Waals surface area contributed by atoms with Gasteiger partial charge in [0.25, 0.3) is 11.2 Å². The average molecular weight is 483 g/mol. The number of nitro groups is 1. The standard InChI is InChI=1S/C22H18N4O5S2/c1-2-12-3-5-13(6-4-12)15-10-32-21-19(15)20(29)24-22(25-21)33-11-18(28)23-16-9-14(26(30)31)7-8-17(16)27/h3-10,27H,2,11H2,1H3,(H,23,28)(H,24,25,29). The Bertz CT molecular complexity index is 1410. The fraction of sp³-hybridized carbons (Fsp3) is 0.136. The van der Waals surface area contributed by atoms with E-state index in [0.717, 1.165) is 47.5 Å². The molecule has 0 fully saturated rings. The second-order valence-corrected chi connectivity index (χ2v) is 8.87. The van der Waals surface area contributed by atoms with Crippen molar-refractivity contribution in [1.29, 1.82) is 0 Å². The third-order valence-corrected chi connectivity index (χ3v) is 6.65. The predicted octanol–water partition coefficient (Wildman–Crippen LogP) is 4.56. The number of aromatic amines is 1. The van der Waals surface area contributed by atoms with Crippen molar-refractivity contribution in [3.05, 3.63) is 73.9 Å². The summed E-state index contributed by atoms with van der Waals surface area (Å²) in [6, 6.07) is 11.4. The lowest BCUT2D eigenvalue weighted by atomic mass is 10.0. The number of phenols is 1. The van der Waals surface area contributed by atoms with Crippen molar-refractivity contribution in [1.82, 2.24) is 9.97 Å². The van der Waals surface area contributed by atoms with Crippen LogP contribution in [0.4, 0.5) is 11.4 Å². The van der Waals surface area contributed by atoms with Crippen molar-refractivity contribution in [2.24, 2.45) is 0 Å². The molecule has 11 heteroatoms. The maximum Gasteiger partial charge on any atom is 0.271 e. The molecule has 168 valence electrons. The van der Waals surface area contributed by atoms with Gasteiger partial charge in [-0.15, -0.1) is 11.3 Å². The van der Waals surface area contributed by atoms with Gasteiger partial charge in [0, 0.05) is 23.1 Å². The number of carbonyl (C=O) groups is 1. The number of hydrogen-bond donors (Lipinski definition) is 3. The van der Waals surface area contributed by atoms with E-state index in [9.17, 15) is 24.8 Å². The number of benzene rings is 2.